The van der Waals surface area contributed by atoms with Crippen LogP contribution in [0, 0.1) is 0 Å². The van der Waals surface area contributed by atoms with E-state index in [0.717, 1.165) is 0 Å². The summed E-state index contributed by atoms with van der Waals surface area (Å²) in [5.41, 5.74) is 1.08. The summed E-state index contributed by atoms with van der Waals surface area (Å²) >= 11 is 0. The highest BCUT2D eigenvalue weighted by atomic mass is 16.5. The predicted molar refractivity (Wildman–Crippen MR) is 80.1 cm³/mol. The molecule has 1 N–H and O–H groups in total. The minimum absolute atomic E-state index is 0.00852. The number of phenols is 1. The lowest BCUT2D eigenvalue weighted by molar-refractivity contribution is -0.121. The van der Waals surface area contributed by atoms with Crippen molar-refractivity contribution in [3.8, 4) is 11.5 Å². The first kappa shape index (κ1) is 15.6. The number of ketones is 1. The van der Waals surface area contributed by atoms with Crippen LogP contribution in [-0.2, 0) is 16.0 Å². The highest BCUT2D eigenvalue weighted by Crippen LogP contribution is 2.26. The van der Waals surface area contributed by atoms with Crippen LogP contribution in [0.4, 0.5) is 0 Å². The molecule has 0 saturated carbocycles. The lowest BCUT2D eigenvalue weighted by Gasteiger charge is -2.07. The Labute approximate surface area is 128 Å². The Bertz CT molecular complexity index is 664. The molecule has 0 amide bonds. The summed E-state index contributed by atoms with van der Waals surface area (Å²) in [5, 5.41) is 9.49. The first-order valence-corrected chi connectivity index (χ1v) is 6.70. The van der Waals surface area contributed by atoms with Gasteiger partial charge in [0.15, 0.2) is 23.9 Å². The minimum atomic E-state index is -0.530. The number of hydrogen-bond acceptors (Lipinski definition) is 5. The second-order valence-electron chi connectivity index (χ2n) is 4.66. The summed E-state index contributed by atoms with van der Waals surface area (Å²) in [7, 11) is 1.43. The average molecular weight is 300 g/mol. The molecule has 22 heavy (non-hydrogen) atoms. The summed E-state index contributed by atoms with van der Waals surface area (Å²) in [6, 6.07) is 13.1. The highest BCUT2D eigenvalue weighted by molar-refractivity contribution is 5.92. The Morgan fingerprint density at radius 2 is 1.82 bits per heavy atom. The molecule has 0 unspecified atom stereocenters. The van der Waals surface area contributed by atoms with Crippen LogP contribution in [0.25, 0.3) is 0 Å². The Balaban J connectivity index is 1.89. The summed E-state index contributed by atoms with van der Waals surface area (Å²) < 4.78 is 9.95. The van der Waals surface area contributed by atoms with Gasteiger partial charge >= 0.3 is 5.97 Å². The molecule has 0 bridgehead atoms. The SMILES string of the molecule is COc1cc(CC(=O)COC(=O)c2ccccc2)ccc1O. The van der Waals surface area contributed by atoms with Gasteiger partial charge in [-0.25, -0.2) is 4.79 Å². The van der Waals surface area contributed by atoms with Gasteiger partial charge in [-0.1, -0.05) is 24.3 Å². The molecule has 2 rings (SSSR count). The van der Waals surface area contributed by atoms with Gasteiger partial charge in [-0.15, -0.1) is 0 Å². The van der Waals surface area contributed by atoms with E-state index < -0.39 is 5.97 Å². The van der Waals surface area contributed by atoms with E-state index in [2.05, 4.69) is 0 Å². The topological polar surface area (TPSA) is 72.8 Å². The number of rotatable bonds is 6. The molecule has 2 aromatic carbocycles. The Kier molecular flexibility index (Phi) is 5.14. The van der Waals surface area contributed by atoms with Crippen molar-refractivity contribution in [1.82, 2.24) is 0 Å². The number of phenolic OH excluding ortho intramolecular Hbond substituents is 1. The lowest BCUT2D eigenvalue weighted by atomic mass is 10.1. The van der Waals surface area contributed by atoms with Crippen LogP contribution in [0.15, 0.2) is 48.5 Å². The molecule has 0 saturated heterocycles. The van der Waals surface area contributed by atoms with Crippen LogP contribution in [0.1, 0.15) is 15.9 Å². The number of carbonyl (C=O) groups is 2. The predicted octanol–water partition coefficient (Wildman–Crippen LogP) is 2.37. The van der Waals surface area contributed by atoms with Crippen LogP contribution in [0.3, 0.4) is 0 Å². The second kappa shape index (κ2) is 7.26. The van der Waals surface area contributed by atoms with Gasteiger partial charge in [-0.2, -0.15) is 0 Å². The van der Waals surface area contributed by atoms with Crippen molar-refractivity contribution in [2.45, 2.75) is 6.42 Å². The van der Waals surface area contributed by atoms with E-state index in [1.54, 1.807) is 42.5 Å². The zero-order valence-electron chi connectivity index (χ0n) is 12.1. The maximum atomic E-state index is 11.9. The average Bonchev–Trinajstić information content (AvgIpc) is 2.55. The molecule has 0 heterocycles. The van der Waals surface area contributed by atoms with E-state index in [9.17, 15) is 14.7 Å². The van der Waals surface area contributed by atoms with Crippen LogP contribution in [0.2, 0.25) is 0 Å². The Morgan fingerprint density at radius 3 is 2.50 bits per heavy atom. The van der Waals surface area contributed by atoms with Gasteiger partial charge in [0, 0.05) is 6.42 Å². The first-order chi connectivity index (χ1) is 10.6. The third kappa shape index (κ3) is 4.09. The van der Waals surface area contributed by atoms with Gasteiger partial charge in [0.25, 0.3) is 0 Å². The number of esters is 1. The largest absolute Gasteiger partial charge is 0.504 e. The summed E-state index contributed by atoms with van der Waals surface area (Å²) in [4.78, 5) is 23.6. The maximum Gasteiger partial charge on any atom is 0.338 e. The van der Waals surface area contributed by atoms with Gasteiger partial charge in [0.05, 0.1) is 12.7 Å². The third-order valence-electron chi connectivity index (χ3n) is 3.02. The van der Waals surface area contributed by atoms with Gasteiger partial charge in [-0.05, 0) is 29.8 Å². The molecular formula is C17H16O5. The molecule has 0 atom stereocenters. The normalized spacial score (nSPS) is 10.0. The van der Waals surface area contributed by atoms with E-state index in [1.165, 1.54) is 13.2 Å². The molecule has 0 aliphatic rings. The van der Waals surface area contributed by atoms with Crippen molar-refractivity contribution in [3.05, 3.63) is 59.7 Å². The molecular weight excluding hydrogens is 284 g/mol. The van der Waals surface area contributed by atoms with Crippen molar-refractivity contribution in [2.75, 3.05) is 13.7 Å². The molecule has 0 aromatic heterocycles. The van der Waals surface area contributed by atoms with Crippen molar-refractivity contribution in [3.63, 3.8) is 0 Å². The van der Waals surface area contributed by atoms with Gasteiger partial charge in [0.2, 0.25) is 0 Å². The van der Waals surface area contributed by atoms with Crippen molar-refractivity contribution < 1.29 is 24.2 Å². The number of aromatic hydroxyl groups is 1. The summed E-state index contributed by atoms with van der Waals surface area (Å²) in [6.45, 7) is -0.295. The van der Waals surface area contributed by atoms with Gasteiger partial charge in [0.1, 0.15) is 0 Å². The quantitative estimate of drug-likeness (QED) is 0.829. The number of carbonyl (C=O) groups excluding carboxylic acids is 2. The number of ether oxygens (including phenoxy) is 2. The zero-order chi connectivity index (χ0) is 15.9. The van der Waals surface area contributed by atoms with Gasteiger partial charge < -0.3 is 14.6 Å². The molecule has 5 nitrogen and oxygen atoms in total. The number of Topliss-reactive ketones (excluding diaryl/α,β-unsaturated/α-hetero) is 1. The Hall–Kier alpha value is -2.82. The maximum absolute atomic E-state index is 11.9. The van der Waals surface area contributed by atoms with E-state index in [-0.39, 0.29) is 24.6 Å². The third-order valence-corrected chi connectivity index (χ3v) is 3.02. The first-order valence-electron chi connectivity index (χ1n) is 6.70. The van der Waals surface area contributed by atoms with Gasteiger partial charge in [-0.3, -0.25) is 4.79 Å². The van der Waals surface area contributed by atoms with E-state index in [4.69, 9.17) is 9.47 Å². The molecule has 0 spiro atoms. The molecule has 0 fully saturated rings. The standard InChI is InChI=1S/C17H16O5/c1-21-16-10-12(7-8-15(16)19)9-14(18)11-22-17(20)13-5-3-2-4-6-13/h2-8,10,19H,9,11H2,1H3. The van der Waals surface area contributed by atoms with Crippen LogP contribution >= 0.6 is 0 Å². The van der Waals surface area contributed by atoms with Crippen molar-refractivity contribution >= 4 is 11.8 Å². The second-order valence-corrected chi connectivity index (χ2v) is 4.66. The van der Waals surface area contributed by atoms with E-state index in [1.807, 2.05) is 0 Å². The fourth-order valence-corrected chi connectivity index (χ4v) is 1.91. The molecule has 0 aliphatic carbocycles. The summed E-state index contributed by atoms with van der Waals surface area (Å²) in [6.07, 6.45) is 0.0959. The van der Waals surface area contributed by atoms with E-state index in [0.29, 0.717) is 16.9 Å². The number of benzene rings is 2. The number of methoxy groups -OCH3 is 1. The molecule has 114 valence electrons. The van der Waals surface area contributed by atoms with Crippen molar-refractivity contribution in [1.29, 1.82) is 0 Å². The monoisotopic (exact) mass is 300 g/mol. The zero-order valence-corrected chi connectivity index (χ0v) is 12.1. The smallest absolute Gasteiger partial charge is 0.338 e. The van der Waals surface area contributed by atoms with Crippen LogP contribution < -0.4 is 4.74 Å². The Morgan fingerprint density at radius 1 is 1.09 bits per heavy atom. The molecule has 2 aromatic rings. The fourth-order valence-electron chi connectivity index (χ4n) is 1.91. The van der Waals surface area contributed by atoms with Crippen LogP contribution in [0.5, 0.6) is 11.5 Å². The molecule has 0 aliphatic heterocycles. The lowest BCUT2D eigenvalue weighted by Crippen LogP contribution is -2.15. The fraction of sp³-hybridized carbons (Fsp3) is 0.176. The van der Waals surface area contributed by atoms with Crippen molar-refractivity contribution in [2.24, 2.45) is 0 Å². The summed E-state index contributed by atoms with van der Waals surface area (Å²) in [5.74, 6) is -0.463. The number of hydrogen-bond donors (Lipinski definition) is 1. The molecule has 0 radical (unpaired) electrons. The molecule has 5 heteroatoms. The van der Waals surface area contributed by atoms with E-state index >= 15 is 0 Å². The highest BCUT2D eigenvalue weighted by Gasteiger charge is 2.11. The van der Waals surface area contributed by atoms with Crippen LogP contribution in [-0.4, -0.2) is 30.6 Å². The minimum Gasteiger partial charge on any atom is -0.504 e.